The van der Waals surface area contributed by atoms with Gasteiger partial charge in [-0.15, -0.1) is 0 Å². The first-order chi connectivity index (χ1) is 9.61. The summed E-state index contributed by atoms with van der Waals surface area (Å²) in [5.74, 6) is 0. The summed E-state index contributed by atoms with van der Waals surface area (Å²) in [7, 11) is -3.33. The van der Waals surface area contributed by atoms with Crippen molar-refractivity contribution in [1.29, 1.82) is 0 Å². The molecule has 2 bridgehead atoms. The number of fused-ring (bicyclic) bond motifs is 2. The fourth-order valence-corrected chi connectivity index (χ4v) is 5.58. The van der Waals surface area contributed by atoms with Crippen LogP contribution in [0.2, 0.25) is 0 Å². The number of hydrogen-bond donors (Lipinski definition) is 1. The van der Waals surface area contributed by atoms with Gasteiger partial charge >= 0.3 is 0 Å². The SMILES string of the molecule is CCN(C1CC2CCC(C1)N2)S(=O)(=O)N1CCOCC1. The predicted molar refractivity (Wildman–Crippen MR) is 76.7 cm³/mol. The molecule has 0 aromatic rings. The normalized spacial score (nSPS) is 35.6. The van der Waals surface area contributed by atoms with Gasteiger partial charge in [0.1, 0.15) is 0 Å². The molecule has 3 fully saturated rings. The highest BCUT2D eigenvalue weighted by Gasteiger charge is 2.41. The Morgan fingerprint density at radius 1 is 1.20 bits per heavy atom. The van der Waals surface area contributed by atoms with Crippen LogP contribution in [0.3, 0.4) is 0 Å². The quantitative estimate of drug-likeness (QED) is 0.804. The van der Waals surface area contributed by atoms with Crippen molar-refractivity contribution in [3.63, 3.8) is 0 Å². The number of hydrogen-bond acceptors (Lipinski definition) is 4. The van der Waals surface area contributed by atoms with Gasteiger partial charge in [-0.1, -0.05) is 6.92 Å². The zero-order valence-electron chi connectivity index (χ0n) is 12.1. The van der Waals surface area contributed by atoms with Crippen LogP contribution in [-0.2, 0) is 14.9 Å². The average molecular weight is 303 g/mol. The second-order valence-corrected chi connectivity index (χ2v) is 7.87. The van der Waals surface area contributed by atoms with E-state index >= 15 is 0 Å². The van der Waals surface area contributed by atoms with E-state index in [1.807, 2.05) is 6.92 Å². The summed E-state index contributed by atoms with van der Waals surface area (Å²) in [6.45, 7) is 4.49. The molecule has 3 aliphatic rings. The van der Waals surface area contributed by atoms with Crippen LogP contribution in [0.1, 0.15) is 32.6 Å². The third-order valence-corrected chi connectivity index (χ3v) is 6.93. The van der Waals surface area contributed by atoms with Gasteiger partial charge in [0.25, 0.3) is 10.2 Å². The first-order valence-electron chi connectivity index (χ1n) is 7.72. The third kappa shape index (κ3) is 2.74. The average Bonchev–Trinajstić information content (AvgIpc) is 2.79. The molecule has 3 saturated heterocycles. The molecule has 0 aromatic heterocycles. The van der Waals surface area contributed by atoms with Gasteiger partial charge in [0.05, 0.1) is 13.2 Å². The number of piperidine rings is 1. The van der Waals surface area contributed by atoms with Crippen molar-refractivity contribution >= 4 is 10.2 Å². The van der Waals surface area contributed by atoms with Crippen molar-refractivity contribution in [3.05, 3.63) is 0 Å². The standard InChI is InChI=1S/C13H25N3O3S/c1-2-16(13-9-11-3-4-12(10-13)14-11)20(17,18)15-5-7-19-8-6-15/h11-14H,2-10H2,1H3. The highest BCUT2D eigenvalue weighted by atomic mass is 32.2. The zero-order valence-corrected chi connectivity index (χ0v) is 12.9. The Kier molecular flexibility index (Phi) is 4.33. The first-order valence-corrected chi connectivity index (χ1v) is 9.11. The smallest absolute Gasteiger partial charge is 0.282 e. The van der Waals surface area contributed by atoms with Crippen LogP contribution < -0.4 is 5.32 Å². The summed E-state index contributed by atoms with van der Waals surface area (Å²) < 4.78 is 34.2. The maximum absolute atomic E-state index is 12.8. The zero-order chi connectivity index (χ0) is 14.2. The number of nitrogens with one attached hydrogen (secondary N) is 1. The van der Waals surface area contributed by atoms with Gasteiger partial charge in [-0.2, -0.15) is 17.0 Å². The Balaban J connectivity index is 1.74. The van der Waals surface area contributed by atoms with Crippen molar-refractivity contribution < 1.29 is 13.2 Å². The van der Waals surface area contributed by atoms with Gasteiger partial charge in [-0.05, 0) is 25.7 Å². The summed E-state index contributed by atoms with van der Waals surface area (Å²) in [6, 6.07) is 1.17. The first kappa shape index (κ1) is 14.7. The molecule has 6 nitrogen and oxygen atoms in total. The van der Waals surface area contributed by atoms with Gasteiger partial charge in [0.2, 0.25) is 0 Å². The molecular weight excluding hydrogens is 278 g/mol. The summed E-state index contributed by atoms with van der Waals surface area (Å²) in [4.78, 5) is 0. The van der Waals surface area contributed by atoms with Gasteiger partial charge in [-0.25, -0.2) is 0 Å². The van der Waals surface area contributed by atoms with Crippen LogP contribution in [0.4, 0.5) is 0 Å². The third-order valence-electron chi connectivity index (χ3n) is 4.76. The molecular formula is C13H25N3O3S. The van der Waals surface area contributed by atoms with Crippen LogP contribution >= 0.6 is 0 Å². The largest absolute Gasteiger partial charge is 0.379 e. The van der Waals surface area contributed by atoms with Gasteiger partial charge in [0.15, 0.2) is 0 Å². The van der Waals surface area contributed by atoms with Crippen molar-refractivity contribution in [3.8, 4) is 0 Å². The number of morpholine rings is 1. The number of rotatable bonds is 4. The van der Waals surface area contributed by atoms with Crippen LogP contribution in [-0.4, -0.2) is 68.0 Å². The van der Waals surface area contributed by atoms with Gasteiger partial charge in [0, 0.05) is 37.8 Å². The van der Waals surface area contributed by atoms with Crippen molar-refractivity contribution in [2.75, 3.05) is 32.8 Å². The summed E-state index contributed by atoms with van der Waals surface area (Å²) in [5, 5.41) is 3.58. The highest BCUT2D eigenvalue weighted by molar-refractivity contribution is 7.86. The Morgan fingerprint density at radius 2 is 1.80 bits per heavy atom. The molecule has 0 radical (unpaired) electrons. The Bertz CT molecular complexity index is 424. The summed E-state index contributed by atoms with van der Waals surface area (Å²) in [6.07, 6.45) is 4.29. The summed E-state index contributed by atoms with van der Waals surface area (Å²) >= 11 is 0. The lowest BCUT2D eigenvalue weighted by Gasteiger charge is -2.39. The van der Waals surface area contributed by atoms with Crippen LogP contribution in [0.15, 0.2) is 0 Å². The summed E-state index contributed by atoms with van der Waals surface area (Å²) in [5.41, 5.74) is 0. The lowest BCUT2D eigenvalue weighted by molar-refractivity contribution is 0.0684. The molecule has 7 heteroatoms. The second kappa shape index (κ2) is 5.88. The highest BCUT2D eigenvalue weighted by Crippen LogP contribution is 2.31. The molecule has 0 saturated carbocycles. The molecule has 1 N–H and O–H groups in total. The molecule has 2 atom stereocenters. The van der Waals surface area contributed by atoms with E-state index in [4.69, 9.17) is 4.74 Å². The maximum atomic E-state index is 12.8. The van der Waals surface area contributed by atoms with E-state index < -0.39 is 10.2 Å². The predicted octanol–water partition coefficient (Wildman–Crippen LogP) is 0.168. The lowest BCUT2D eigenvalue weighted by atomic mass is 10.00. The molecule has 0 aliphatic carbocycles. The van der Waals surface area contributed by atoms with Crippen LogP contribution in [0.5, 0.6) is 0 Å². The molecule has 2 unspecified atom stereocenters. The minimum Gasteiger partial charge on any atom is -0.379 e. The minimum absolute atomic E-state index is 0.159. The van der Waals surface area contributed by atoms with Gasteiger partial charge in [-0.3, -0.25) is 0 Å². The Hall–Kier alpha value is -0.210. The van der Waals surface area contributed by atoms with Crippen molar-refractivity contribution in [1.82, 2.24) is 13.9 Å². The van der Waals surface area contributed by atoms with E-state index in [1.165, 1.54) is 12.8 Å². The molecule has 3 rings (SSSR count). The Morgan fingerprint density at radius 3 is 2.35 bits per heavy atom. The molecule has 3 aliphatic heterocycles. The fraction of sp³-hybridized carbons (Fsp3) is 1.00. The fourth-order valence-electron chi connectivity index (χ4n) is 3.80. The maximum Gasteiger partial charge on any atom is 0.282 e. The molecule has 0 aromatic carbocycles. The molecule has 0 spiro atoms. The van der Waals surface area contributed by atoms with Crippen molar-refractivity contribution in [2.45, 2.75) is 50.7 Å². The topological polar surface area (TPSA) is 61.9 Å². The number of ether oxygens (including phenoxy) is 1. The van der Waals surface area contributed by atoms with Crippen molar-refractivity contribution in [2.24, 2.45) is 0 Å². The van der Waals surface area contributed by atoms with Crippen LogP contribution in [0.25, 0.3) is 0 Å². The Labute approximate surface area is 121 Å². The van der Waals surface area contributed by atoms with Crippen LogP contribution in [0, 0.1) is 0 Å². The second-order valence-electron chi connectivity index (χ2n) is 5.99. The van der Waals surface area contributed by atoms with E-state index in [-0.39, 0.29) is 6.04 Å². The molecule has 0 amide bonds. The van der Waals surface area contributed by atoms with E-state index in [2.05, 4.69) is 5.32 Å². The van der Waals surface area contributed by atoms with E-state index in [1.54, 1.807) is 8.61 Å². The van der Waals surface area contributed by atoms with E-state index in [0.717, 1.165) is 12.8 Å². The minimum atomic E-state index is -3.33. The number of nitrogens with zero attached hydrogens (tertiary/aromatic N) is 2. The molecule has 3 heterocycles. The molecule has 20 heavy (non-hydrogen) atoms. The lowest BCUT2D eigenvalue weighted by Crippen LogP contribution is -2.55. The van der Waals surface area contributed by atoms with Gasteiger partial charge < -0.3 is 10.1 Å². The van der Waals surface area contributed by atoms with E-state index in [0.29, 0.717) is 44.9 Å². The monoisotopic (exact) mass is 303 g/mol. The molecule has 116 valence electrons. The van der Waals surface area contributed by atoms with E-state index in [9.17, 15) is 8.42 Å².